The predicted octanol–water partition coefficient (Wildman–Crippen LogP) is 2.94. The van der Waals surface area contributed by atoms with Crippen LogP contribution in [0.5, 0.6) is 0 Å². The minimum Gasteiger partial charge on any atom is -0.396 e. The van der Waals surface area contributed by atoms with Crippen molar-refractivity contribution in [2.75, 3.05) is 19.8 Å². The summed E-state index contributed by atoms with van der Waals surface area (Å²) in [5.74, 6) is 0. The van der Waals surface area contributed by atoms with Crippen LogP contribution in [-0.2, 0) is 15.6 Å². The monoisotopic (exact) mass is 248 g/mol. The van der Waals surface area contributed by atoms with Gasteiger partial charge in [0.1, 0.15) is 0 Å². The van der Waals surface area contributed by atoms with Crippen LogP contribution in [0, 0.1) is 6.92 Å². The van der Waals surface area contributed by atoms with Gasteiger partial charge in [0.05, 0.1) is 13.2 Å². The predicted molar refractivity (Wildman–Crippen MR) is 74.1 cm³/mol. The largest absolute Gasteiger partial charge is 0.396 e. The first kappa shape index (κ1) is 13.6. The molecule has 1 aliphatic rings. The van der Waals surface area contributed by atoms with E-state index >= 15 is 0 Å². The Morgan fingerprint density at radius 1 is 1.28 bits per heavy atom. The van der Waals surface area contributed by atoms with E-state index in [0.29, 0.717) is 0 Å². The number of benzene rings is 1. The summed E-state index contributed by atoms with van der Waals surface area (Å²) < 4.78 is 5.41. The first-order chi connectivity index (χ1) is 8.39. The van der Waals surface area contributed by atoms with Crippen LogP contribution in [0.15, 0.2) is 18.2 Å². The van der Waals surface area contributed by atoms with Crippen LogP contribution in [0.4, 0.5) is 0 Å². The van der Waals surface area contributed by atoms with Crippen molar-refractivity contribution in [2.45, 2.75) is 44.9 Å². The van der Waals surface area contributed by atoms with Crippen molar-refractivity contribution in [3.05, 3.63) is 34.9 Å². The molecule has 1 N–H and O–H groups in total. The van der Waals surface area contributed by atoms with Crippen LogP contribution in [-0.4, -0.2) is 24.9 Å². The van der Waals surface area contributed by atoms with Gasteiger partial charge in [-0.3, -0.25) is 0 Å². The van der Waals surface area contributed by atoms with E-state index in [2.05, 4.69) is 45.9 Å². The van der Waals surface area contributed by atoms with Crippen molar-refractivity contribution in [2.24, 2.45) is 0 Å². The maximum atomic E-state index is 9.29. The van der Waals surface area contributed by atoms with Crippen LogP contribution < -0.4 is 0 Å². The van der Waals surface area contributed by atoms with E-state index in [1.807, 2.05) is 0 Å². The Bertz CT molecular complexity index is 425. The molecule has 0 saturated carbocycles. The minimum absolute atomic E-state index is 0.0418. The molecule has 2 heteroatoms. The molecule has 1 aromatic carbocycles. The number of aliphatic hydroxyl groups excluding tert-OH is 1. The van der Waals surface area contributed by atoms with Crippen molar-refractivity contribution >= 4 is 0 Å². The second kappa shape index (κ2) is 4.67. The van der Waals surface area contributed by atoms with Gasteiger partial charge in [0.15, 0.2) is 0 Å². The molecule has 0 aromatic heterocycles. The van der Waals surface area contributed by atoms with Crippen LogP contribution in [0.2, 0.25) is 0 Å². The third kappa shape index (κ3) is 2.32. The molecule has 0 amide bonds. The summed E-state index contributed by atoms with van der Waals surface area (Å²) in [6, 6.07) is 6.73. The van der Waals surface area contributed by atoms with Gasteiger partial charge in [0.2, 0.25) is 0 Å². The van der Waals surface area contributed by atoms with E-state index in [1.165, 1.54) is 16.7 Å². The molecule has 0 atom stereocenters. The Kier molecular flexibility index (Phi) is 3.52. The Morgan fingerprint density at radius 2 is 1.94 bits per heavy atom. The molecule has 2 nitrogen and oxygen atoms in total. The van der Waals surface area contributed by atoms with Crippen LogP contribution in [0.1, 0.15) is 43.9 Å². The summed E-state index contributed by atoms with van der Waals surface area (Å²) in [6.45, 7) is 10.6. The molecule has 1 aromatic rings. The maximum absolute atomic E-state index is 9.29. The van der Waals surface area contributed by atoms with Crippen LogP contribution >= 0.6 is 0 Å². The van der Waals surface area contributed by atoms with Crippen molar-refractivity contribution in [3.8, 4) is 0 Å². The van der Waals surface area contributed by atoms with Gasteiger partial charge in [-0.05, 0) is 35.4 Å². The zero-order valence-electron chi connectivity index (χ0n) is 11.9. The zero-order valence-corrected chi connectivity index (χ0v) is 11.9. The Hall–Kier alpha value is -0.860. The van der Waals surface area contributed by atoms with Gasteiger partial charge in [-0.25, -0.2) is 0 Å². The highest BCUT2D eigenvalue weighted by Gasteiger charge is 2.41. The third-order valence-corrected chi connectivity index (χ3v) is 4.02. The maximum Gasteiger partial charge on any atom is 0.0586 e. The lowest BCUT2D eigenvalue weighted by molar-refractivity contribution is -0.0704. The molecule has 0 unspecified atom stereocenters. The summed E-state index contributed by atoms with van der Waals surface area (Å²) in [7, 11) is 0. The number of aliphatic hydroxyl groups is 1. The normalized spacial score (nSPS) is 18.5. The smallest absolute Gasteiger partial charge is 0.0586 e. The van der Waals surface area contributed by atoms with Crippen LogP contribution in [0.3, 0.4) is 0 Å². The molecule has 1 heterocycles. The van der Waals surface area contributed by atoms with Crippen molar-refractivity contribution in [3.63, 3.8) is 0 Å². The Labute approximate surface area is 110 Å². The molecule has 1 fully saturated rings. The third-order valence-electron chi connectivity index (χ3n) is 4.02. The van der Waals surface area contributed by atoms with Gasteiger partial charge in [-0.2, -0.15) is 0 Å². The molecule has 18 heavy (non-hydrogen) atoms. The molecular formula is C16H24O2. The number of rotatable bonds is 3. The van der Waals surface area contributed by atoms with E-state index in [-0.39, 0.29) is 17.4 Å². The van der Waals surface area contributed by atoms with Gasteiger partial charge < -0.3 is 9.84 Å². The number of hydrogen-bond acceptors (Lipinski definition) is 2. The minimum atomic E-state index is 0.0418. The highest BCUT2D eigenvalue weighted by atomic mass is 16.5. The summed E-state index contributed by atoms with van der Waals surface area (Å²) in [6.07, 6.45) is 0.793. The van der Waals surface area contributed by atoms with E-state index in [1.54, 1.807) is 0 Å². The lowest BCUT2D eigenvalue weighted by atomic mass is 9.72. The molecule has 2 rings (SSSR count). The van der Waals surface area contributed by atoms with Gasteiger partial charge >= 0.3 is 0 Å². The fourth-order valence-electron chi connectivity index (χ4n) is 2.66. The number of aryl methyl sites for hydroxylation is 1. The molecule has 100 valence electrons. The average Bonchev–Trinajstić information content (AvgIpc) is 2.23. The fraction of sp³-hybridized carbons (Fsp3) is 0.625. The quantitative estimate of drug-likeness (QED) is 0.891. The summed E-state index contributed by atoms with van der Waals surface area (Å²) in [5, 5.41) is 9.29. The van der Waals surface area contributed by atoms with Crippen molar-refractivity contribution in [1.82, 2.24) is 0 Å². The molecular weight excluding hydrogens is 224 g/mol. The van der Waals surface area contributed by atoms with E-state index < -0.39 is 0 Å². The van der Waals surface area contributed by atoms with E-state index in [0.717, 1.165) is 19.6 Å². The van der Waals surface area contributed by atoms with Gasteiger partial charge in [-0.1, -0.05) is 39.0 Å². The molecule has 0 radical (unpaired) electrons. The van der Waals surface area contributed by atoms with Gasteiger partial charge in [0, 0.05) is 12.0 Å². The molecule has 1 aliphatic heterocycles. The SMILES string of the molecule is Cc1ccc(C(C)(C)C)cc1C1(CCO)COC1. The molecule has 1 saturated heterocycles. The topological polar surface area (TPSA) is 29.5 Å². The fourth-order valence-corrected chi connectivity index (χ4v) is 2.66. The van der Waals surface area contributed by atoms with E-state index in [4.69, 9.17) is 4.74 Å². The zero-order chi connectivity index (χ0) is 13.4. The van der Waals surface area contributed by atoms with E-state index in [9.17, 15) is 5.11 Å². The number of ether oxygens (including phenoxy) is 1. The summed E-state index contributed by atoms with van der Waals surface area (Å²) in [4.78, 5) is 0. The number of hydrogen-bond donors (Lipinski definition) is 1. The first-order valence-electron chi connectivity index (χ1n) is 6.69. The molecule has 0 aliphatic carbocycles. The Morgan fingerprint density at radius 3 is 2.39 bits per heavy atom. The summed E-state index contributed by atoms with van der Waals surface area (Å²) in [5.41, 5.74) is 4.22. The average molecular weight is 248 g/mol. The van der Waals surface area contributed by atoms with Gasteiger partial charge in [0.25, 0.3) is 0 Å². The Balaban J connectivity index is 2.43. The standard InChI is InChI=1S/C16H24O2/c1-12-5-6-13(15(2,3)4)9-14(12)16(7-8-17)10-18-11-16/h5-6,9,17H,7-8,10-11H2,1-4H3. The van der Waals surface area contributed by atoms with Crippen molar-refractivity contribution in [1.29, 1.82) is 0 Å². The highest BCUT2D eigenvalue weighted by molar-refractivity contribution is 5.41. The second-order valence-corrected chi connectivity index (χ2v) is 6.53. The first-order valence-corrected chi connectivity index (χ1v) is 6.69. The van der Waals surface area contributed by atoms with Gasteiger partial charge in [-0.15, -0.1) is 0 Å². The molecule has 0 bridgehead atoms. The lowest BCUT2D eigenvalue weighted by Gasteiger charge is -2.43. The van der Waals surface area contributed by atoms with Crippen molar-refractivity contribution < 1.29 is 9.84 Å². The molecule has 0 spiro atoms. The van der Waals surface area contributed by atoms with Crippen LogP contribution in [0.25, 0.3) is 0 Å². The second-order valence-electron chi connectivity index (χ2n) is 6.53. The highest BCUT2D eigenvalue weighted by Crippen LogP contribution is 2.39. The summed E-state index contributed by atoms with van der Waals surface area (Å²) >= 11 is 0. The lowest BCUT2D eigenvalue weighted by Crippen LogP contribution is -2.48.